The van der Waals surface area contributed by atoms with Gasteiger partial charge in [0.15, 0.2) is 0 Å². The van der Waals surface area contributed by atoms with Gasteiger partial charge in [0.1, 0.15) is 11.5 Å². The Kier molecular flexibility index (Phi) is 5.21. The number of aromatic carboxylic acids is 1. The molecule has 0 aliphatic rings. The molecule has 0 spiro atoms. The Morgan fingerprint density at radius 1 is 1.16 bits per heavy atom. The third kappa shape index (κ3) is 4.29. The van der Waals surface area contributed by atoms with Crippen molar-refractivity contribution in [2.45, 2.75) is 0 Å². The largest absolute Gasteiger partial charge is 0.478 e. The predicted molar refractivity (Wildman–Crippen MR) is 101 cm³/mol. The number of hydrogen-bond acceptors (Lipinski definition) is 4. The summed E-state index contributed by atoms with van der Waals surface area (Å²) in [5.74, 6) is -0.0189. The van der Waals surface area contributed by atoms with Gasteiger partial charge in [0, 0.05) is 10.0 Å². The number of furan rings is 1. The van der Waals surface area contributed by atoms with E-state index in [-0.39, 0.29) is 10.6 Å². The van der Waals surface area contributed by atoms with E-state index in [2.05, 4.69) is 26.5 Å². The van der Waals surface area contributed by atoms with Gasteiger partial charge in [-0.2, -0.15) is 5.10 Å². The lowest BCUT2D eigenvalue weighted by Crippen LogP contribution is -1.97. The predicted octanol–water partition coefficient (Wildman–Crippen LogP) is 5.51. The number of benzene rings is 2. The quantitative estimate of drug-likeness (QED) is 0.422. The molecule has 1 aromatic heterocycles. The van der Waals surface area contributed by atoms with E-state index in [4.69, 9.17) is 21.1 Å². The second kappa shape index (κ2) is 7.55. The Morgan fingerprint density at radius 3 is 2.64 bits per heavy atom. The van der Waals surface area contributed by atoms with Crippen LogP contribution >= 0.6 is 27.5 Å². The molecule has 0 atom stereocenters. The monoisotopic (exact) mass is 418 g/mol. The van der Waals surface area contributed by atoms with E-state index in [0.29, 0.717) is 17.1 Å². The van der Waals surface area contributed by atoms with Crippen molar-refractivity contribution in [1.82, 2.24) is 0 Å². The van der Waals surface area contributed by atoms with E-state index in [1.807, 2.05) is 24.3 Å². The second-order valence-corrected chi connectivity index (χ2v) is 6.40. The van der Waals surface area contributed by atoms with Gasteiger partial charge >= 0.3 is 5.97 Å². The third-order valence-corrected chi connectivity index (χ3v) is 4.20. The highest BCUT2D eigenvalue weighted by Crippen LogP contribution is 2.26. The molecule has 0 amide bonds. The van der Waals surface area contributed by atoms with Crippen molar-refractivity contribution in [2.75, 3.05) is 5.43 Å². The van der Waals surface area contributed by atoms with Gasteiger partial charge in [-0.25, -0.2) is 4.79 Å². The highest BCUT2D eigenvalue weighted by Gasteiger charge is 2.12. The topological polar surface area (TPSA) is 74.8 Å². The van der Waals surface area contributed by atoms with Gasteiger partial charge in [0.2, 0.25) is 0 Å². The molecule has 0 unspecified atom stereocenters. The minimum absolute atomic E-state index is 0.0303. The van der Waals surface area contributed by atoms with E-state index >= 15 is 0 Å². The van der Waals surface area contributed by atoms with Crippen molar-refractivity contribution in [3.05, 3.63) is 75.4 Å². The summed E-state index contributed by atoms with van der Waals surface area (Å²) in [5.41, 5.74) is 4.39. The molecular formula is C18H12BrClN2O3. The Hall–Kier alpha value is -2.57. The summed E-state index contributed by atoms with van der Waals surface area (Å²) in [5, 5.41) is 13.4. The number of carboxylic acids is 1. The lowest BCUT2D eigenvalue weighted by Gasteiger charge is -2.02. The van der Waals surface area contributed by atoms with Crippen molar-refractivity contribution in [3.8, 4) is 11.3 Å². The van der Waals surface area contributed by atoms with Crippen molar-refractivity contribution in [2.24, 2.45) is 5.10 Å². The molecule has 3 aromatic rings. The first-order valence-corrected chi connectivity index (χ1v) is 8.38. The molecule has 2 aromatic carbocycles. The van der Waals surface area contributed by atoms with Crippen LogP contribution in [0.15, 0.2) is 68.6 Å². The first kappa shape index (κ1) is 17.3. The molecule has 0 bridgehead atoms. The third-order valence-electron chi connectivity index (χ3n) is 3.34. The van der Waals surface area contributed by atoms with E-state index in [1.54, 1.807) is 24.4 Å². The van der Waals surface area contributed by atoms with Crippen LogP contribution in [0.3, 0.4) is 0 Å². The number of anilines is 1. The average molecular weight is 420 g/mol. The highest BCUT2D eigenvalue weighted by molar-refractivity contribution is 9.10. The lowest BCUT2D eigenvalue weighted by molar-refractivity contribution is 0.0697. The zero-order chi connectivity index (χ0) is 17.8. The van der Waals surface area contributed by atoms with Gasteiger partial charge in [0.25, 0.3) is 0 Å². The highest BCUT2D eigenvalue weighted by atomic mass is 79.9. The number of hydrazone groups is 1. The van der Waals surface area contributed by atoms with Crippen LogP contribution in [0.2, 0.25) is 5.02 Å². The van der Waals surface area contributed by atoms with Crippen LogP contribution in [0.25, 0.3) is 11.3 Å². The van der Waals surface area contributed by atoms with Crippen LogP contribution in [0.5, 0.6) is 0 Å². The van der Waals surface area contributed by atoms with Gasteiger partial charge in [-0.3, -0.25) is 5.43 Å². The molecule has 2 N–H and O–H groups in total. The van der Waals surface area contributed by atoms with Gasteiger partial charge in [-0.15, -0.1) is 0 Å². The first-order chi connectivity index (χ1) is 12.0. The van der Waals surface area contributed by atoms with Crippen LogP contribution in [0.1, 0.15) is 16.1 Å². The number of carbonyl (C=O) groups is 1. The maximum Gasteiger partial charge on any atom is 0.337 e. The number of rotatable bonds is 5. The number of carboxylic acid groups (broad SMARTS) is 1. The second-order valence-electron chi connectivity index (χ2n) is 5.08. The summed E-state index contributed by atoms with van der Waals surface area (Å²) in [6.07, 6.45) is 1.54. The van der Waals surface area contributed by atoms with E-state index in [0.717, 1.165) is 10.2 Å². The molecule has 0 aliphatic carbocycles. The molecule has 126 valence electrons. The van der Waals surface area contributed by atoms with Gasteiger partial charge < -0.3 is 9.52 Å². The molecule has 7 heteroatoms. The normalized spacial score (nSPS) is 11.0. The molecule has 0 aliphatic heterocycles. The fraction of sp³-hybridized carbons (Fsp3) is 0. The van der Waals surface area contributed by atoms with Crippen molar-refractivity contribution >= 4 is 45.4 Å². The molecule has 0 radical (unpaired) electrons. The van der Waals surface area contributed by atoms with Crippen LogP contribution in [-0.4, -0.2) is 17.3 Å². The molecule has 25 heavy (non-hydrogen) atoms. The fourth-order valence-corrected chi connectivity index (χ4v) is 2.58. The van der Waals surface area contributed by atoms with E-state index in [1.165, 1.54) is 12.1 Å². The number of halogens is 2. The molecule has 3 rings (SSSR count). The zero-order valence-electron chi connectivity index (χ0n) is 12.7. The number of nitrogens with one attached hydrogen (secondary N) is 1. The van der Waals surface area contributed by atoms with Crippen molar-refractivity contribution < 1.29 is 14.3 Å². The van der Waals surface area contributed by atoms with Crippen LogP contribution in [0.4, 0.5) is 5.69 Å². The fourth-order valence-electron chi connectivity index (χ4n) is 2.11. The Labute approximate surface area is 157 Å². The maximum absolute atomic E-state index is 11.2. The Morgan fingerprint density at radius 2 is 1.92 bits per heavy atom. The maximum atomic E-state index is 11.2. The Bertz CT molecular complexity index is 936. The summed E-state index contributed by atoms with van der Waals surface area (Å²) in [4.78, 5) is 11.2. The minimum Gasteiger partial charge on any atom is -0.478 e. The molecule has 1 heterocycles. The SMILES string of the molecule is O=C(O)c1cc(-c2ccc(/C=N\Nc3ccc(Br)cc3)o2)ccc1Cl. The van der Waals surface area contributed by atoms with Crippen LogP contribution in [0, 0.1) is 0 Å². The molecule has 0 saturated carbocycles. The van der Waals surface area contributed by atoms with Crippen molar-refractivity contribution in [3.63, 3.8) is 0 Å². The standard InChI is InChI=1S/C18H12BrClN2O3/c19-12-2-4-13(5-3-12)22-21-10-14-6-8-17(25-14)11-1-7-16(20)15(9-11)18(23)24/h1-10,22H,(H,23,24)/b21-10-. The minimum atomic E-state index is -1.08. The number of hydrogen-bond donors (Lipinski definition) is 2. The molecule has 0 saturated heterocycles. The summed E-state index contributed by atoms with van der Waals surface area (Å²) in [6.45, 7) is 0. The molecule has 0 fully saturated rings. The lowest BCUT2D eigenvalue weighted by atomic mass is 10.1. The molecule has 5 nitrogen and oxygen atoms in total. The molecular weight excluding hydrogens is 408 g/mol. The van der Waals surface area contributed by atoms with Crippen molar-refractivity contribution in [1.29, 1.82) is 0 Å². The van der Waals surface area contributed by atoms with Crippen LogP contribution in [-0.2, 0) is 0 Å². The Balaban J connectivity index is 1.74. The zero-order valence-corrected chi connectivity index (χ0v) is 15.1. The smallest absolute Gasteiger partial charge is 0.337 e. The van der Waals surface area contributed by atoms with Crippen LogP contribution < -0.4 is 5.43 Å². The number of nitrogens with zero attached hydrogens (tertiary/aromatic N) is 1. The first-order valence-electron chi connectivity index (χ1n) is 7.20. The average Bonchev–Trinajstić information content (AvgIpc) is 3.06. The summed E-state index contributed by atoms with van der Waals surface area (Å²) >= 11 is 9.24. The van der Waals surface area contributed by atoms with Gasteiger partial charge in [-0.1, -0.05) is 27.5 Å². The summed E-state index contributed by atoms with van der Waals surface area (Å²) in [6, 6.07) is 15.8. The van der Waals surface area contributed by atoms with Gasteiger partial charge in [0.05, 0.1) is 22.5 Å². The summed E-state index contributed by atoms with van der Waals surface area (Å²) < 4.78 is 6.66. The van der Waals surface area contributed by atoms with E-state index < -0.39 is 5.97 Å². The van der Waals surface area contributed by atoms with Gasteiger partial charge in [-0.05, 0) is 54.6 Å². The van der Waals surface area contributed by atoms with E-state index in [9.17, 15) is 4.79 Å². The summed E-state index contributed by atoms with van der Waals surface area (Å²) in [7, 11) is 0.